The van der Waals surface area contributed by atoms with Crippen molar-refractivity contribution < 1.29 is 15.0 Å². The van der Waals surface area contributed by atoms with Crippen LogP contribution in [0.25, 0.3) is 0 Å². The van der Waals surface area contributed by atoms with Crippen molar-refractivity contribution in [3.8, 4) is 6.07 Å². The summed E-state index contributed by atoms with van der Waals surface area (Å²) in [5.74, 6) is 0.106. The Hall–Kier alpha value is -1.35. The third kappa shape index (κ3) is 3.84. The quantitative estimate of drug-likeness (QED) is 0.863. The summed E-state index contributed by atoms with van der Waals surface area (Å²) in [5, 5.41) is 28.6. The lowest BCUT2D eigenvalue weighted by Gasteiger charge is -2.18. The maximum Gasteiger partial charge on any atom is 0.185 e. The monoisotopic (exact) mass is 265 g/mol. The second-order valence-electron chi connectivity index (χ2n) is 4.02. The number of thioether (sulfide) groups is 1. The fraction of sp³-hybridized carbons (Fsp3) is 0.385. The SMILES string of the molecule is CC(=O)SCC(O)C(O)c1ccc(C)cc1C#N. The fourth-order valence-electron chi connectivity index (χ4n) is 1.53. The summed E-state index contributed by atoms with van der Waals surface area (Å²) in [6.07, 6.45) is -2.24. The van der Waals surface area contributed by atoms with Crippen LogP contribution in [-0.2, 0) is 4.79 Å². The fourth-order valence-corrected chi connectivity index (χ4v) is 2.11. The van der Waals surface area contributed by atoms with E-state index in [0.717, 1.165) is 17.3 Å². The van der Waals surface area contributed by atoms with Crippen molar-refractivity contribution in [1.29, 1.82) is 5.26 Å². The molecule has 0 saturated heterocycles. The molecule has 1 aromatic rings. The first-order valence-corrected chi connectivity index (χ1v) is 6.44. The van der Waals surface area contributed by atoms with Gasteiger partial charge >= 0.3 is 0 Å². The molecule has 2 N–H and O–H groups in total. The second-order valence-corrected chi connectivity index (χ2v) is 5.21. The molecule has 18 heavy (non-hydrogen) atoms. The lowest BCUT2D eigenvalue weighted by atomic mass is 9.98. The van der Waals surface area contributed by atoms with Crippen LogP contribution in [-0.4, -0.2) is 27.2 Å². The largest absolute Gasteiger partial charge is 0.389 e. The number of aryl methyl sites for hydroxylation is 1. The Balaban J connectivity index is 2.86. The van der Waals surface area contributed by atoms with Crippen molar-refractivity contribution in [3.63, 3.8) is 0 Å². The molecular weight excluding hydrogens is 250 g/mol. The molecule has 0 radical (unpaired) electrons. The molecule has 0 amide bonds. The summed E-state index contributed by atoms with van der Waals surface area (Å²) in [5.41, 5.74) is 1.64. The summed E-state index contributed by atoms with van der Waals surface area (Å²) in [7, 11) is 0. The number of benzene rings is 1. The lowest BCUT2D eigenvalue weighted by Crippen LogP contribution is -2.22. The van der Waals surface area contributed by atoms with Crippen LogP contribution < -0.4 is 0 Å². The normalized spacial score (nSPS) is 13.7. The Labute approximate surface area is 110 Å². The van der Waals surface area contributed by atoms with Crippen LogP contribution >= 0.6 is 11.8 Å². The molecule has 0 heterocycles. The number of hydrogen-bond acceptors (Lipinski definition) is 5. The highest BCUT2D eigenvalue weighted by molar-refractivity contribution is 8.13. The summed E-state index contributed by atoms with van der Waals surface area (Å²) >= 11 is 0.947. The van der Waals surface area contributed by atoms with E-state index in [-0.39, 0.29) is 10.9 Å². The van der Waals surface area contributed by atoms with E-state index in [1.165, 1.54) is 6.92 Å². The van der Waals surface area contributed by atoms with Gasteiger partial charge in [-0.2, -0.15) is 5.26 Å². The van der Waals surface area contributed by atoms with Crippen LogP contribution in [0.5, 0.6) is 0 Å². The predicted octanol–water partition coefficient (Wildman–Crippen LogP) is 1.54. The van der Waals surface area contributed by atoms with Crippen LogP contribution in [0.3, 0.4) is 0 Å². The van der Waals surface area contributed by atoms with E-state index >= 15 is 0 Å². The standard InChI is InChI=1S/C13H15NO3S/c1-8-3-4-11(10(5-8)6-14)13(17)12(16)7-18-9(2)15/h3-5,12-13,16-17H,7H2,1-2H3. The van der Waals surface area contributed by atoms with Crippen LogP contribution in [0.1, 0.15) is 29.7 Å². The highest BCUT2D eigenvalue weighted by atomic mass is 32.2. The van der Waals surface area contributed by atoms with Crippen molar-refractivity contribution in [2.24, 2.45) is 0 Å². The van der Waals surface area contributed by atoms with Gasteiger partial charge < -0.3 is 10.2 Å². The summed E-state index contributed by atoms with van der Waals surface area (Å²) < 4.78 is 0. The Bertz CT molecular complexity index is 482. The average Bonchev–Trinajstić information content (AvgIpc) is 2.34. The van der Waals surface area contributed by atoms with E-state index < -0.39 is 12.2 Å². The molecule has 0 aliphatic heterocycles. The van der Waals surface area contributed by atoms with Gasteiger partial charge in [0.2, 0.25) is 0 Å². The number of aliphatic hydroxyl groups is 2. The molecule has 5 heteroatoms. The maximum absolute atomic E-state index is 10.8. The Kier molecular flexibility index (Phi) is 5.35. The maximum atomic E-state index is 10.8. The van der Waals surface area contributed by atoms with Crippen molar-refractivity contribution in [1.82, 2.24) is 0 Å². The minimum atomic E-state index is -1.16. The highest BCUT2D eigenvalue weighted by Gasteiger charge is 2.21. The molecular formula is C13H15NO3S. The molecule has 0 saturated carbocycles. The van der Waals surface area contributed by atoms with Gasteiger partial charge in [-0.3, -0.25) is 4.79 Å². The molecule has 0 fully saturated rings. The van der Waals surface area contributed by atoms with Gasteiger partial charge in [-0.25, -0.2) is 0 Å². The molecule has 2 atom stereocenters. The zero-order chi connectivity index (χ0) is 13.7. The van der Waals surface area contributed by atoms with E-state index in [4.69, 9.17) is 5.26 Å². The molecule has 0 bridgehead atoms. The van der Waals surface area contributed by atoms with Crippen LogP contribution in [0.4, 0.5) is 0 Å². The third-order valence-electron chi connectivity index (χ3n) is 2.47. The number of nitriles is 1. The van der Waals surface area contributed by atoms with E-state index in [1.54, 1.807) is 18.2 Å². The number of carbonyl (C=O) groups is 1. The van der Waals surface area contributed by atoms with Gasteiger partial charge in [-0.15, -0.1) is 0 Å². The first-order valence-electron chi connectivity index (χ1n) is 5.46. The Morgan fingerprint density at radius 2 is 2.17 bits per heavy atom. The molecule has 0 aromatic heterocycles. The minimum Gasteiger partial charge on any atom is -0.389 e. The van der Waals surface area contributed by atoms with Gasteiger partial charge in [-0.1, -0.05) is 23.9 Å². The molecule has 0 aliphatic carbocycles. The number of rotatable bonds is 4. The van der Waals surface area contributed by atoms with Gasteiger partial charge in [0.25, 0.3) is 0 Å². The predicted molar refractivity (Wildman–Crippen MR) is 70.0 cm³/mol. The number of carbonyl (C=O) groups excluding carboxylic acids is 1. The Morgan fingerprint density at radius 1 is 1.50 bits per heavy atom. The molecule has 0 spiro atoms. The van der Waals surface area contributed by atoms with Crippen molar-refractivity contribution in [3.05, 3.63) is 34.9 Å². The van der Waals surface area contributed by atoms with Crippen LogP contribution in [0.2, 0.25) is 0 Å². The van der Waals surface area contributed by atoms with Crippen molar-refractivity contribution in [2.75, 3.05) is 5.75 Å². The molecule has 1 rings (SSSR count). The van der Waals surface area contributed by atoms with Gasteiger partial charge in [0, 0.05) is 18.2 Å². The summed E-state index contributed by atoms with van der Waals surface area (Å²) in [6, 6.07) is 7.04. The molecule has 96 valence electrons. The molecule has 0 aliphatic rings. The van der Waals surface area contributed by atoms with Crippen molar-refractivity contribution in [2.45, 2.75) is 26.1 Å². The van der Waals surface area contributed by atoms with E-state index in [2.05, 4.69) is 0 Å². The molecule has 1 aromatic carbocycles. The first kappa shape index (κ1) is 14.7. The highest BCUT2D eigenvalue weighted by Crippen LogP contribution is 2.24. The van der Waals surface area contributed by atoms with E-state index in [9.17, 15) is 15.0 Å². The van der Waals surface area contributed by atoms with E-state index in [1.807, 2.05) is 13.0 Å². The third-order valence-corrected chi connectivity index (χ3v) is 3.38. The topological polar surface area (TPSA) is 81.3 Å². The summed E-state index contributed by atoms with van der Waals surface area (Å²) in [4.78, 5) is 10.8. The smallest absolute Gasteiger partial charge is 0.185 e. The van der Waals surface area contributed by atoms with Gasteiger partial charge in [0.05, 0.1) is 17.7 Å². The van der Waals surface area contributed by atoms with Gasteiger partial charge in [0.15, 0.2) is 5.12 Å². The zero-order valence-corrected chi connectivity index (χ0v) is 11.1. The van der Waals surface area contributed by atoms with Gasteiger partial charge in [-0.05, 0) is 18.6 Å². The molecule has 2 unspecified atom stereocenters. The Morgan fingerprint density at radius 3 is 2.72 bits per heavy atom. The second kappa shape index (κ2) is 6.55. The minimum absolute atomic E-state index is 0.106. The average molecular weight is 265 g/mol. The number of nitrogens with zero attached hydrogens (tertiary/aromatic N) is 1. The van der Waals surface area contributed by atoms with E-state index in [0.29, 0.717) is 11.1 Å². The molecule has 4 nitrogen and oxygen atoms in total. The zero-order valence-electron chi connectivity index (χ0n) is 10.3. The van der Waals surface area contributed by atoms with Crippen LogP contribution in [0, 0.1) is 18.3 Å². The van der Waals surface area contributed by atoms with Gasteiger partial charge in [0.1, 0.15) is 6.10 Å². The number of hydrogen-bond donors (Lipinski definition) is 2. The first-order chi connectivity index (χ1) is 8.45. The lowest BCUT2D eigenvalue weighted by molar-refractivity contribution is -0.109. The number of aliphatic hydroxyl groups excluding tert-OH is 2. The summed E-state index contributed by atoms with van der Waals surface area (Å²) in [6.45, 7) is 3.25. The van der Waals surface area contributed by atoms with Crippen LogP contribution in [0.15, 0.2) is 18.2 Å². The van der Waals surface area contributed by atoms with Crippen molar-refractivity contribution >= 4 is 16.9 Å².